The van der Waals surface area contributed by atoms with E-state index in [-0.39, 0.29) is 0 Å². The average Bonchev–Trinajstić information content (AvgIpc) is 2.78. The third-order valence-electron chi connectivity index (χ3n) is 1.93. The van der Waals surface area contributed by atoms with Crippen LogP contribution in [0, 0.1) is 0 Å². The van der Waals surface area contributed by atoms with Crippen molar-refractivity contribution < 1.29 is 9.26 Å². The molecule has 2 aromatic heterocycles. The van der Waals surface area contributed by atoms with Crippen molar-refractivity contribution in [3.8, 4) is 17.1 Å². The van der Waals surface area contributed by atoms with E-state index in [4.69, 9.17) is 20.9 Å². The molecule has 2 heterocycles. The standard InChI is InChI=1S/C10H9ClN2O2/c1-14-10-3-2-7(6-12-10)9-4-8(5-11)15-13-9/h2-4,6H,5H2,1H3. The van der Waals surface area contributed by atoms with E-state index in [1.807, 2.05) is 6.07 Å². The molecule has 0 amide bonds. The first kappa shape index (κ1) is 9.98. The SMILES string of the molecule is COc1ccc(-c2cc(CCl)on2)cn1. The highest BCUT2D eigenvalue weighted by Gasteiger charge is 2.05. The summed E-state index contributed by atoms with van der Waals surface area (Å²) in [6.07, 6.45) is 1.68. The highest BCUT2D eigenvalue weighted by Crippen LogP contribution is 2.20. The van der Waals surface area contributed by atoms with Crippen molar-refractivity contribution in [2.24, 2.45) is 0 Å². The Morgan fingerprint density at radius 1 is 1.47 bits per heavy atom. The van der Waals surface area contributed by atoms with Crippen LogP contribution in [0.3, 0.4) is 0 Å². The van der Waals surface area contributed by atoms with Crippen molar-refractivity contribution in [1.29, 1.82) is 0 Å². The Balaban J connectivity index is 2.28. The number of hydrogen-bond donors (Lipinski definition) is 0. The van der Waals surface area contributed by atoms with Crippen molar-refractivity contribution >= 4 is 11.6 Å². The zero-order valence-corrected chi connectivity index (χ0v) is 8.86. The molecule has 0 aliphatic rings. The molecule has 0 atom stereocenters. The molecule has 78 valence electrons. The fourth-order valence-electron chi connectivity index (χ4n) is 1.16. The Morgan fingerprint density at radius 3 is 2.87 bits per heavy atom. The van der Waals surface area contributed by atoms with E-state index in [0.29, 0.717) is 17.5 Å². The smallest absolute Gasteiger partial charge is 0.212 e. The van der Waals surface area contributed by atoms with Gasteiger partial charge >= 0.3 is 0 Å². The molecule has 0 spiro atoms. The molecule has 0 radical (unpaired) electrons. The van der Waals surface area contributed by atoms with Crippen molar-refractivity contribution in [3.05, 3.63) is 30.2 Å². The molecule has 2 aromatic rings. The molecular weight excluding hydrogens is 216 g/mol. The van der Waals surface area contributed by atoms with Gasteiger partial charge in [0, 0.05) is 23.9 Å². The Bertz CT molecular complexity index is 439. The molecule has 0 aromatic carbocycles. The van der Waals surface area contributed by atoms with Crippen LogP contribution in [0.4, 0.5) is 0 Å². The fraction of sp³-hybridized carbons (Fsp3) is 0.200. The summed E-state index contributed by atoms with van der Waals surface area (Å²) in [5, 5.41) is 3.87. The number of halogens is 1. The van der Waals surface area contributed by atoms with Crippen LogP contribution in [-0.4, -0.2) is 17.3 Å². The van der Waals surface area contributed by atoms with Crippen LogP contribution in [0.5, 0.6) is 5.88 Å². The maximum absolute atomic E-state index is 5.61. The first-order chi connectivity index (χ1) is 7.33. The number of methoxy groups -OCH3 is 1. The van der Waals surface area contributed by atoms with Crippen LogP contribution < -0.4 is 4.74 Å². The summed E-state index contributed by atoms with van der Waals surface area (Å²) >= 11 is 5.61. The second-order valence-corrected chi connectivity index (χ2v) is 3.17. The number of pyridine rings is 1. The van der Waals surface area contributed by atoms with Crippen LogP contribution in [0.25, 0.3) is 11.3 Å². The van der Waals surface area contributed by atoms with Gasteiger partial charge in [0.25, 0.3) is 0 Å². The van der Waals surface area contributed by atoms with Crippen LogP contribution in [0.15, 0.2) is 28.9 Å². The molecule has 0 aliphatic heterocycles. The molecule has 2 rings (SSSR count). The molecule has 0 aliphatic carbocycles. The average molecular weight is 225 g/mol. The topological polar surface area (TPSA) is 48.2 Å². The lowest BCUT2D eigenvalue weighted by Crippen LogP contribution is -1.86. The van der Waals surface area contributed by atoms with Crippen molar-refractivity contribution in [2.75, 3.05) is 7.11 Å². The van der Waals surface area contributed by atoms with Crippen LogP contribution in [0.2, 0.25) is 0 Å². The van der Waals surface area contributed by atoms with Gasteiger partial charge in [-0.3, -0.25) is 0 Å². The number of rotatable bonds is 3. The van der Waals surface area contributed by atoms with Gasteiger partial charge < -0.3 is 9.26 Å². The molecule has 15 heavy (non-hydrogen) atoms. The minimum atomic E-state index is 0.316. The Labute approximate surface area is 91.8 Å². The molecular formula is C10H9ClN2O2. The van der Waals surface area contributed by atoms with Gasteiger partial charge in [0.2, 0.25) is 5.88 Å². The number of alkyl halides is 1. The van der Waals surface area contributed by atoms with Gasteiger partial charge in [-0.2, -0.15) is 0 Å². The quantitative estimate of drug-likeness (QED) is 0.752. The summed E-state index contributed by atoms with van der Waals surface area (Å²) in [4.78, 5) is 4.07. The number of hydrogen-bond acceptors (Lipinski definition) is 4. The minimum absolute atomic E-state index is 0.316. The Hall–Kier alpha value is -1.55. The number of aromatic nitrogens is 2. The Morgan fingerprint density at radius 2 is 2.33 bits per heavy atom. The summed E-state index contributed by atoms with van der Waals surface area (Å²) in [7, 11) is 1.57. The minimum Gasteiger partial charge on any atom is -0.481 e. The monoisotopic (exact) mass is 224 g/mol. The zero-order valence-electron chi connectivity index (χ0n) is 8.11. The highest BCUT2D eigenvalue weighted by molar-refractivity contribution is 6.16. The predicted molar refractivity (Wildman–Crippen MR) is 55.8 cm³/mol. The first-order valence-corrected chi connectivity index (χ1v) is 4.89. The maximum atomic E-state index is 5.61. The lowest BCUT2D eigenvalue weighted by Gasteiger charge is -1.98. The molecule has 0 N–H and O–H groups in total. The highest BCUT2D eigenvalue weighted by atomic mass is 35.5. The van der Waals surface area contributed by atoms with E-state index in [1.54, 1.807) is 25.4 Å². The predicted octanol–water partition coefficient (Wildman–Crippen LogP) is 2.48. The van der Waals surface area contributed by atoms with E-state index in [1.165, 1.54) is 0 Å². The molecule has 0 saturated heterocycles. The molecule has 4 nitrogen and oxygen atoms in total. The molecule has 0 saturated carbocycles. The summed E-state index contributed by atoms with van der Waals surface area (Å²) in [6.45, 7) is 0. The first-order valence-electron chi connectivity index (χ1n) is 4.35. The van der Waals surface area contributed by atoms with Crippen LogP contribution in [0.1, 0.15) is 5.76 Å². The van der Waals surface area contributed by atoms with Gasteiger partial charge in [-0.1, -0.05) is 5.16 Å². The van der Waals surface area contributed by atoms with Crippen LogP contribution in [-0.2, 0) is 5.88 Å². The van der Waals surface area contributed by atoms with Gasteiger partial charge in [0.15, 0.2) is 5.76 Å². The van der Waals surface area contributed by atoms with Gasteiger partial charge in [0.1, 0.15) is 5.69 Å². The van der Waals surface area contributed by atoms with Gasteiger partial charge in [0.05, 0.1) is 13.0 Å². The molecule has 0 unspecified atom stereocenters. The summed E-state index contributed by atoms with van der Waals surface area (Å²) in [5.41, 5.74) is 1.59. The van der Waals surface area contributed by atoms with E-state index in [0.717, 1.165) is 11.3 Å². The lowest BCUT2D eigenvalue weighted by molar-refractivity contribution is 0.395. The van der Waals surface area contributed by atoms with Gasteiger partial charge in [-0.25, -0.2) is 4.98 Å². The number of nitrogens with zero attached hydrogens (tertiary/aromatic N) is 2. The maximum Gasteiger partial charge on any atom is 0.212 e. The summed E-state index contributed by atoms with van der Waals surface area (Å²) in [5.74, 6) is 1.53. The zero-order chi connectivity index (χ0) is 10.7. The van der Waals surface area contributed by atoms with Crippen molar-refractivity contribution in [2.45, 2.75) is 5.88 Å². The second kappa shape index (κ2) is 4.31. The third-order valence-corrected chi connectivity index (χ3v) is 2.20. The van der Waals surface area contributed by atoms with E-state index in [9.17, 15) is 0 Å². The van der Waals surface area contributed by atoms with Gasteiger partial charge in [-0.15, -0.1) is 11.6 Å². The number of ether oxygens (including phenoxy) is 1. The lowest BCUT2D eigenvalue weighted by atomic mass is 10.2. The summed E-state index contributed by atoms with van der Waals surface area (Å²) < 4.78 is 9.94. The van der Waals surface area contributed by atoms with Crippen molar-refractivity contribution in [1.82, 2.24) is 10.1 Å². The Kier molecular flexibility index (Phi) is 2.87. The fourth-order valence-corrected chi connectivity index (χ4v) is 1.29. The van der Waals surface area contributed by atoms with Crippen molar-refractivity contribution in [3.63, 3.8) is 0 Å². The van der Waals surface area contributed by atoms with E-state index in [2.05, 4.69) is 10.1 Å². The molecule has 5 heteroatoms. The molecule has 0 bridgehead atoms. The summed E-state index contributed by atoms with van der Waals surface area (Å²) in [6, 6.07) is 5.42. The van der Waals surface area contributed by atoms with Crippen LogP contribution >= 0.6 is 11.6 Å². The second-order valence-electron chi connectivity index (χ2n) is 2.90. The van der Waals surface area contributed by atoms with E-state index < -0.39 is 0 Å². The largest absolute Gasteiger partial charge is 0.481 e. The molecule has 0 fully saturated rings. The third kappa shape index (κ3) is 2.10. The normalized spacial score (nSPS) is 10.3. The van der Waals surface area contributed by atoms with Gasteiger partial charge in [-0.05, 0) is 6.07 Å². The van der Waals surface area contributed by atoms with E-state index >= 15 is 0 Å².